The van der Waals surface area contributed by atoms with Crippen LogP contribution >= 0.6 is 15.9 Å². The van der Waals surface area contributed by atoms with Gasteiger partial charge in [-0.25, -0.2) is 4.79 Å². The number of benzene rings is 1. The molecule has 1 aromatic carbocycles. The van der Waals surface area contributed by atoms with Gasteiger partial charge >= 0.3 is 5.97 Å². The number of pyridine rings is 1. The second kappa shape index (κ2) is 5.84. The van der Waals surface area contributed by atoms with E-state index in [0.717, 1.165) is 11.1 Å². The highest BCUT2D eigenvalue weighted by Gasteiger charge is 2.12. The molecule has 2 aromatic rings. The minimum Gasteiger partial charge on any atom is -0.457 e. The molecule has 1 aromatic heterocycles. The number of halogens is 1. The predicted octanol–water partition coefficient (Wildman–Crippen LogP) is 3.09. The third kappa shape index (κ3) is 3.54. The molecule has 0 amide bonds. The Bertz CT molecular complexity index is 614. The van der Waals surface area contributed by atoms with Gasteiger partial charge in [0.25, 0.3) is 0 Å². The summed E-state index contributed by atoms with van der Waals surface area (Å²) in [5, 5.41) is 0. The number of nitrogens with two attached hydrogens (primary N) is 1. The van der Waals surface area contributed by atoms with Gasteiger partial charge in [0.2, 0.25) is 0 Å². The maximum atomic E-state index is 11.9. The van der Waals surface area contributed by atoms with Gasteiger partial charge in [-0.2, -0.15) is 0 Å². The van der Waals surface area contributed by atoms with Crippen LogP contribution in [0.4, 0.5) is 5.69 Å². The molecule has 0 aliphatic heterocycles. The Kier molecular flexibility index (Phi) is 4.16. The van der Waals surface area contributed by atoms with Crippen molar-refractivity contribution in [3.63, 3.8) is 0 Å². The van der Waals surface area contributed by atoms with E-state index in [1.807, 2.05) is 13.0 Å². The molecule has 0 bridgehead atoms. The molecule has 2 rings (SSSR count). The van der Waals surface area contributed by atoms with E-state index >= 15 is 0 Å². The molecular weight excluding hydrogens is 308 g/mol. The van der Waals surface area contributed by atoms with Crippen LogP contribution in [-0.2, 0) is 11.3 Å². The molecule has 0 aliphatic rings. The van der Waals surface area contributed by atoms with Crippen molar-refractivity contribution < 1.29 is 9.53 Å². The Hall–Kier alpha value is -1.88. The van der Waals surface area contributed by atoms with E-state index in [-0.39, 0.29) is 6.61 Å². The van der Waals surface area contributed by atoms with Crippen molar-refractivity contribution >= 4 is 27.6 Å². The number of rotatable bonds is 3. The second-order valence-corrected chi connectivity index (χ2v) is 5.04. The maximum absolute atomic E-state index is 11.9. The standard InChI is InChI=1S/C14H13BrN2O2/c1-9-4-10(7-17-6-9)8-19-14(18)12-5-11(16)2-3-13(12)15/h2-7H,8,16H2,1H3. The highest BCUT2D eigenvalue weighted by atomic mass is 79.9. The minimum atomic E-state index is -0.416. The van der Waals surface area contributed by atoms with Crippen LogP contribution in [0.2, 0.25) is 0 Å². The van der Waals surface area contributed by atoms with Crippen LogP contribution in [0.5, 0.6) is 0 Å². The van der Waals surface area contributed by atoms with E-state index in [9.17, 15) is 4.79 Å². The lowest BCUT2D eigenvalue weighted by Crippen LogP contribution is -2.07. The molecule has 0 unspecified atom stereocenters. The summed E-state index contributed by atoms with van der Waals surface area (Å²) < 4.78 is 5.90. The number of esters is 1. The Morgan fingerprint density at radius 3 is 2.89 bits per heavy atom. The van der Waals surface area contributed by atoms with Gasteiger partial charge in [-0.15, -0.1) is 0 Å². The van der Waals surface area contributed by atoms with E-state index in [1.165, 1.54) is 0 Å². The summed E-state index contributed by atoms with van der Waals surface area (Å²) >= 11 is 3.30. The summed E-state index contributed by atoms with van der Waals surface area (Å²) in [4.78, 5) is 16.0. The van der Waals surface area contributed by atoms with Crippen molar-refractivity contribution in [2.45, 2.75) is 13.5 Å². The van der Waals surface area contributed by atoms with Gasteiger partial charge in [-0.1, -0.05) is 0 Å². The lowest BCUT2D eigenvalue weighted by atomic mass is 10.2. The van der Waals surface area contributed by atoms with E-state index in [0.29, 0.717) is 15.7 Å². The van der Waals surface area contributed by atoms with Crippen molar-refractivity contribution in [3.05, 3.63) is 57.8 Å². The summed E-state index contributed by atoms with van der Waals surface area (Å²) in [6.45, 7) is 2.13. The summed E-state index contributed by atoms with van der Waals surface area (Å²) in [5.41, 5.74) is 8.47. The average Bonchev–Trinajstić information content (AvgIpc) is 2.39. The quantitative estimate of drug-likeness (QED) is 0.697. The first-order valence-electron chi connectivity index (χ1n) is 5.69. The largest absolute Gasteiger partial charge is 0.457 e. The molecule has 0 atom stereocenters. The molecule has 0 radical (unpaired) electrons. The Labute approximate surface area is 119 Å². The number of anilines is 1. The van der Waals surface area contributed by atoms with Crippen LogP contribution < -0.4 is 5.73 Å². The smallest absolute Gasteiger partial charge is 0.339 e. The number of carbonyl (C=O) groups excluding carboxylic acids is 1. The van der Waals surface area contributed by atoms with Crippen LogP contribution in [0.3, 0.4) is 0 Å². The van der Waals surface area contributed by atoms with Crippen LogP contribution in [-0.4, -0.2) is 11.0 Å². The first-order chi connectivity index (χ1) is 9.06. The molecule has 19 heavy (non-hydrogen) atoms. The molecule has 5 heteroatoms. The molecule has 0 spiro atoms. The summed E-state index contributed by atoms with van der Waals surface area (Å²) in [7, 11) is 0. The molecule has 0 saturated carbocycles. The number of carbonyl (C=O) groups is 1. The van der Waals surface area contributed by atoms with Crippen molar-refractivity contribution in [1.29, 1.82) is 0 Å². The number of nitrogen functional groups attached to an aromatic ring is 1. The van der Waals surface area contributed by atoms with Crippen molar-refractivity contribution in [2.24, 2.45) is 0 Å². The Morgan fingerprint density at radius 2 is 2.16 bits per heavy atom. The third-order valence-corrected chi connectivity index (χ3v) is 3.20. The monoisotopic (exact) mass is 320 g/mol. The summed E-state index contributed by atoms with van der Waals surface area (Å²) in [6.07, 6.45) is 3.43. The van der Waals surface area contributed by atoms with E-state index in [2.05, 4.69) is 20.9 Å². The fourth-order valence-corrected chi connectivity index (χ4v) is 2.03. The number of aromatic nitrogens is 1. The zero-order chi connectivity index (χ0) is 13.8. The second-order valence-electron chi connectivity index (χ2n) is 4.19. The van der Waals surface area contributed by atoms with E-state index in [1.54, 1.807) is 30.6 Å². The number of hydrogen-bond donors (Lipinski definition) is 1. The molecule has 2 N–H and O–H groups in total. The normalized spacial score (nSPS) is 10.2. The first-order valence-corrected chi connectivity index (χ1v) is 6.48. The van der Waals surface area contributed by atoms with E-state index in [4.69, 9.17) is 10.5 Å². The van der Waals surface area contributed by atoms with Crippen LogP contribution in [0.25, 0.3) is 0 Å². The molecular formula is C14H13BrN2O2. The maximum Gasteiger partial charge on any atom is 0.339 e. The van der Waals surface area contributed by atoms with Crippen LogP contribution in [0, 0.1) is 6.92 Å². The fourth-order valence-electron chi connectivity index (χ4n) is 1.62. The van der Waals surface area contributed by atoms with Gasteiger partial charge in [-0.3, -0.25) is 4.98 Å². The first kappa shape index (κ1) is 13.5. The van der Waals surface area contributed by atoms with Gasteiger partial charge in [-0.05, 0) is 52.7 Å². The lowest BCUT2D eigenvalue weighted by Gasteiger charge is -2.07. The Morgan fingerprint density at radius 1 is 1.37 bits per heavy atom. The van der Waals surface area contributed by atoms with Gasteiger partial charge in [0.05, 0.1) is 5.56 Å². The highest BCUT2D eigenvalue weighted by Crippen LogP contribution is 2.20. The molecule has 0 aliphatic carbocycles. The minimum absolute atomic E-state index is 0.189. The number of nitrogens with zero attached hydrogens (tertiary/aromatic N) is 1. The van der Waals surface area contributed by atoms with Crippen LogP contribution in [0.1, 0.15) is 21.5 Å². The average molecular weight is 321 g/mol. The van der Waals surface area contributed by atoms with Gasteiger partial charge < -0.3 is 10.5 Å². The molecule has 98 valence electrons. The highest BCUT2D eigenvalue weighted by molar-refractivity contribution is 9.10. The van der Waals surface area contributed by atoms with Gasteiger partial charge in [0, 0.05) is 28.1 Å². The number of aryl methyl sites for hydroxylation is 1. The van der Waals surface area contributed by atoms with Gasteiger partial charge in [0.15, 0.2) is 0 Å². The lowest BCUT2D eigenvalue weighted by molar-refractivity contribution is 0.0471. The van der Waals surface area contributed by atoms with Crippen molar-refractivity contribution in [1.82, 2.24) is 4.98 Å². The Balaban J connectivity index is 2.07. The molecule has 4 nitrogen and oxygen atoms in total. The van der Waals surface area contributed by atoms with Crippen LogP contribution in [0.15, 0.2) is 41.1 Å². The number of ether oxygens (including phenoxy) is 1. The molecule has 0 saturated heterocycles. The van der Waals surface area contributed by atoms with Gasteiger partial charge in [0.1, 0.15) is 6.61 Å². The SMILES string of the molecule is Cc1cncc(COC(=O)c2cc(N)ccc2Br)c1. The zero-order valence-corrected chi connectivity index (χ0v) is 12.0. The summed E-state index contributed by atoms with van der Waals surface area (Å²) in [6, 6.07) is 6.95. The van der Waals surface area contributed by atoms with Crippen molar-refractivity contribution in [3.8, 4) is 0 Å². The molecule has 1 heterocycles. The zero-order valence-electron chi connectivity index (χ0n) is 10.4. The fraction of sp³-hybridized carbons (Fsp3) is 0.143. The molecule has 0 fully saturated rings. The van der Waals surface area contributed by atoms with Crippen molar-refractivity contribution in [2.75, 3.05) is 5.73 Å². The predicted molar refractivity (Wildman–Crippen MR) is 76.6 cm³/mol. The third-order valence-electron chi connectivity index (χ3n) is 2.51. The topological polar surface area (TPSA) is 65.2 Å². The van der Waals surface area contributed by atoms with E-state index < -0.39 is 5.97 Å². The number of hydrogen-bond acceptors (Lipinski definition) is 4. The summed E-state index contributed by atoms with van der Waals surface area (Å²) in [5.74, 6) is -0.416.